The maximum Gasteiger partial charge on any atom is 0.257 e. The van der Waals surface area contributed by atoms with Gasteiger partial charge in [0, 0.05) is 19.7 Å². The number of carbonyl (C=O) groups excluding carboxylic acids is 1. The summed E-state index contributed by atoms with van der Waals surface area (Å²) in [7, 11) is 0. The van der Waals surface area contributed by atoms with Gasteiger partial charge in [-0.3, -0.25) is 4.79 Å². The van der Waals surface area contributed by atoms with Crippen LogP contribution >= 0.6 is 0 Å². The molecule has 2 aromatic carbocycles. The van der Waals surface area contributed by atoms with E-state index in [9.17, 15) is 4.79 Å². The second-order valence-corrected chi connectivity index (χ2v) is 6.69. The van der Waals surface area contributed by atoms with Crippen LogP contribution in [0.1, 0.15) is 41.3 Å². The van der Waals surface area contributed by atoms with Gasteiger partial charge in [0.15, 0.2) is 0 Å². The molecule has 0 N–H and O–H groups in total. The maximum atomic E-state index is 13.1. The number of ether oxygens (including phenoxy) is 2. The van der Waals surface area contributed by atoms with E-state index in [4.69, 9.17) is 9.47 Å². The predicted octanol–water partition coefficient (Wildman–Crippen LogP) is 4.22. The molecule has 1 heterocycles. The van der Waals surface area contributed by atoms with Crippen molar-refractivity contribution in [1.29, 1.82) is 0 Å². The highest BCUT2D eigenvalue weighted by atomic mass is 16.5. The Hall–Kier alpha value is -2.33. The van der Waals surface area contributed by atoms with Crippen LogP contribution in [0.5, 0.6) is 5.75 Å². The fourth-order valence-corrected chi connectivity index (χ4v) is 3.22. The van der Waals surface area contributed by atoms with Gasteiger partial charge >= 0.3 is 0 Å². The average molecular weight is 353 g/mol. The molecule has 26 heavy (non-hydrogen) atoms. The van der Waals surface area contributed by atoms with Gasteiger partial charge in [0.25, 0.3) is 5.91 Å². The van der Waals surface area contributed by atoms with E-state index in [1.54, 1.807) is 0 Å². The summed E-state index contributed by atoms with van der Waals surface area (Å²) in [5.41, 5.74) is 2.98. The number of aryl methyl sites for hydroxylation is 1. The lowest BCUT2D eigenvalue weighted by atomic mass is 10.1. The lowest BCUT2D eigenvalue weighted by Gasteiger charge is -2.23. The van der Waals surface area contributed by atoms with Gasteiger partial charge in [0.2, 0.25) is 0 Å². The molecule has 2 aromatic rings. The Morgan fingerprint density at radius 3 is 2.69 bits per heavy atom. The first-order valence-corrected chi connectivity index (χ1v) is 9.36. The van der Waals surface area contributed by atoms with Crippen LogP contribution in [0.2, 0.25) is 0 Å². The zero-order valence-corrected chi connectivity index (χ0v) is 15.6. The molecule has 1 aliphatic heterocycles. The Morgan fingerprint density at radius 2 is 1.96 bits per heavy atom. The number of rotatable bonds is 7. The fraction of sp³-hybridized carbons (Fsp3) is 0.409. The number of benzene rings is 2. The van der Waals surface area contributed by atoms with Crippen molar-refractivity contribution >= 4 is 5.91 Å². The lowest BCUT2D eigenvalue weighted by Crippen LogP contribution is -2.31. The van der Waals surface area contributed by atoms with Crippen LogP contribution in [-0.4, -0.2) is 36.7 Å². The van der Waals surface area contributed by atoms with E-state index in [0.29, 0.717) is 31.0 Å². The quantitative estimate of drug-likeness (QED) is 0.748. The average Bonchev–Trinajstić information content (AvgIpc) is 3.19. The lowest BCUT2D eigenvalue weighted by molar-refractivity contribution is 0.0650. The summed E-state index contributed by atoms with van der Waals surface area (Å²) in [5.74, 6) is 0.634. The van der Waals surface area contributed by atoms with Crippen LogP contribution in [-0.2, 0) is 11.3 Å². The predicted molar refractivity (Wildman–Crippen MR) is 103 cm³/mol. The maximum absolute atomic E-state index is 13.1. The highest BCUT2D eigenvalue weighted by Gasteiger charge is 2.21. The van der Waals surface area contributed by atoms with Crippen LogP contribution in [0.3, 0.4) is 0 Å². The smallest absolute Gasteiger partial charge is 0.257 e. The number of amides is 1. The third-order valence-electron chi connectivity index (χ3n) is 4.86. The minimum absolute atomic E-state index is 0.00121. The van der Waals surface area contributed by atoms with Crippen LogP contribution in [0.15, 0.2) is 48.5 Å². The standard InChI is InChI=1S/C22H27NO3/c1-3-23(15-18-10-5-4-9-17(18)2)22(24)20-12-6-7-13-21(20)26-16-19-11-8-14-25-19/h4-7,9-10,12-13,19H,3,8,11,14-16H2,1-2H3. The summed E-state index contributed by atoms with van der Waals surface area (Å²) in [6, 6.07) is 15.7. The molecule has 4 nitrogen and oxygen atoms in total. The molecule has 138 valence electrons. The molecule has 1 amide bonds. The van der Waals surface area contributed by atoms with Gasteiger partial charge in [0.05, 0.1) is 11.7 Å². The third kappa shape index (κ3) is 4.44. The molecule has 0 aliphatic carbocycles. The largest absolute Gasteiger partial charge is 0.490 e. The van der Waals surface area contributed by atoms with Crippen molar-refractivity contribution in [1.82, 2.24) is 4.90 Å². The van der Waals surface area contributed by atoms with E-state index in [1.807, 2.05) is 48.2 Å². The molecule has 0 spiro atoms. The van der Waals surface area contributed by atoms with E-state index >= 15 is 0 Å². The first-order chi connectivity index (χ1) is 12.7. The Balaban J connectivity index is 1.73. The monoisotopic (exact) mass is 353 g/mol. The molecular formula is C22H27NO3. The van der Waals surface area contributed by atoms with Gasteiger partial charge in [-0.1, -0.05) is 36.4 Å². The molecule has 0 radical (unpaired) electrons. The Kier molecular flexibility index (Phi) is 6.29. The van der Waals surface area contributed by atoms with Gasteiger partial charge < -0.3 is 14.4 Å². The Morgan fingerprint density at radius 1 is 1.19 bits per heavy atom. The fourth-order valence-electron chi connectivity index (χ4n) is 3.22. The van der Waals surface area contributed by atoms with Crippen LogP contribution in [0, 0.1) is 6.92 Å². The third-order valence-corrected chi connectivity index (χ3v) is 4.86. The van der Waals surface area contributed by atoms with Gasteiger partial charge in [-0.15, -0.1) is 0 Å². The van der Waals surface area contributed by atoms with E-state index in [0.717, 1.165) is 19.4 Å². The van der Waals surface area contributed by atoms with Gasteiger partial charge in [0.1, 0.15) is 12.4 Å². The van der Waals surface area contributed by atoms with Crippen LogP contribution in [0.25, 0.3) is 0 Å². The normalized spacial score (nSPS) is 16.5. The van der Waals surface area contributed by atoms with Gasteiger partial charge in [-0.05, 0) is 49.9 Å². The zero-order chi connectivity index (χ0) is 18.4. The van der Waals surface area contributed by atoms with Crippen molar-refractivity contribution in [2.45, 2.75) is 39.3 Å². The minimum Gasteiger partial charge on any atom is -0.490 e. The summed E-state index contributed by atoms with van der Waals surface area (Å²) >= 11 is 0. The molecule has 1 fully saturated rings. The molecule has 1 aliphatic rings. The van der Waals surface area contributed by atoms with Crippen molar-refractivity contribution < 1.29 is 14.3 Å². The van der Waals surface area contributed by atoms with E-state index in [1.165, 1.54) is 11.1 Å². The minimum atomic E-state index is -0.00121. The molecule has 1 atom stereocenters. The van der Waals surface area contributed by atoms with Gasteiger partial charge in [-0.2, -0.15) is 0 Å². The number of para-hydroxylation sites is 1. The first kappa shape index (κ1) is 18.5. The van der Waals surface area contributed by atoms with Crippen molar-refractivity contribution in [3.05, 3.63) is 65.2 Å². The molecule has 0 aromatic heterocycles. The van der Waals surface area contributed by atoms with Crippen molar-refractivity contribution in [2.24, 2.45) is 0 Å². The molecule has 0 saturated carbocycles. The molecule has 1 unspecified atom stereocenters. The van der Waals surface area contributed by atoms with Crippen LogP contribution in [0.4, 0.5) is 0 Å². The summed E-state index contributed by atoms with van der Waals surface area (Å²) < 4.78 is 11.6. The Bertz CT molecular complexity index is 738. The van der Waals surface area contributed by atoms with Gasteiger partial charge in [-0.25, -0.2) is 0 Å². The van der Waals surface area contributed by atoms with Crippen molar-refractivity contribution in [2.75, 3.05) is 19.8 Å². The summed E-state index contributed by atoms with van der Waals surface area (Å²) in [5, 5.41) is 0. The van der Waals surface area contributed by atoms with E-state index in [2.05, 4.69) is 19.1 Å². The molecule has 1 saturated heterocycles. The van der Waals surface area contributed by atoms with E-state index < -0.39 is 0 Å². The zero-order valence-electron chi connectivity index (χ0n) is 15.6. The highest BCUT2D eigenvalue weighted by Crippen LogP contribution is 2.23. The molecule has 4 heteroatoms. The second kappa shape index (κ2) is 8.86. The van der Waals surface area contributed by atoms with Crippen molar-refractivity contribution in [3.63, 3.8) is 0 Å². The van der Waals surface area contributed by atoms with Crippen molar-refractivity contribution in [3.8, 4) is 5.75 Å². The summed E-state index contributed by atoms with van der Waals surface area (Å²) in [6.45, 7) is 6.62. The number of nitrogens with zero attached hydrogens (tertiary/aromatic N) is 1. The first-order valence-electron chi connectivity index (χ1n) is 9.36. The summed E-state index contributed by atoms with van der Waals surface area (Å²) in [4.78, 5) is 15.0. The number of hydrogen-bond acceptors (Lipinski definition) is 3. The Labute approximate surface area is 155 Å². The summed E-state index contributed by atoms with van der Waals surface area (Å²) in [6.07, 6.45) is 2.23. The molecule has 3 rings (SSSR count). The second-order valence-electron chi connectivity index (χ2n) is 6.69. The molecule has 0 bridgehead atoms. The SMILES string of the molecule is CCN(Cc1ccccc1C)C(=O)c1ccccc1OCC1CCCO1. The highest BCUT2D eigenvalue weighted by molar-refractivity contribution is 5.96. The van der Waals surface area contributed by atoms with E-state index in [-0.39, 0.29) is 12.0 Å². The topological polar surface area (TPSA) is 38.8 Å². The molecular weight excluding hydrogens is 326 g/mol. The number of hydrogen-bond donors (Lipinski definition) is 0. The number of carbonyl (C=O) groups is 1. The van der Waals surface area contributed by atoms with Crippen LogP contribution < -0.4 is 4.74 Å².